The Labute approximate surface area is 157 Å². The van der Waals surface area contributed by atoms with E-state index in [1.807, 2.05) is 24.3 Å². The van der Waals surface area contributed by atoms with Gasteiger partial charge < -0.3 is 21.3 Å². The number of hydrogen-bond donors (Lipinski definition) is 3. The lowest BCUT2D eigenvalue weighted by Gasteiger charge is -2.29. The Morgan fingerprint density at radius 1 is 1.04 bits per heavy atom. The minimum Gasteiger partial charge on any atom is -0.368 e. The van der Waals surface area contributed by atoms with Gasteiger partial charge in [0.15, 0.2) is 0 Å². The summed E-state index contributed by atoms with van der Waals surface area (Å²) in [6, 6.07) is 14.9. The van der Waals surface area contributed by atoms with E-state index in [4.69, 9.17) is 5.73 Å². The third kappa shape index (κ3) is 4.44. The zero-order valence-corrected chi connectivity index (χ0v) is 14.9. The first-order chi connectivity index (χ1) is 13.1. The summed E-state index contributed by atoms with van der Waals surface area (Å²) in [5.74, 6) is -0.875. The number of amides is 4. The quantitative estimate of drug-likeness (QED) is 0.747. The average molecular weight is 366 g/mol. The van der Waals surface area contributed by atoms with Gasteiger partial charge in [0.1, 0.15) is 6.04 Å². The monoisotopic (exact) mass is 366 g/mol. The number of hydrogen-bond acceptors (Lipinski definition) is 3. The molecule has 0 saturated heterocycles. The summed E-state index contributed by atoms with van der Waals surface area (Å²) in [4.78, 5) is 38.1. The lowest BCUT2D eigenvalue weighted by Crippen LogP contribution is -2.47. The van der Waals surface area contributed by atoms with Crippen molar-refractivity contribution in [3.05, 3.63) is 65.7 Å². The number of fused-ring (bicyclic) bond motifs is 1. The molecule has 7 heteroatoms. The van der Waals surface area contributed by atoms with E-state index in [2.05, 4.69) is 10.6 Å². The minimum atomic E-state index is -0.961. The number of nitrogens with zero attached hydrogens (tertiary/aromatic N) is 1. The number of urea groups is 1. The van der Waals surface area contributed by atoms with Crippen LogP contribution in [0.3, 0.4) is 0 Å². The van der Waals surface area contributed by atoms with Gasteiger partial charge in [-0.2, -0.15) is 0 Å². The van der Waals surface area contributed by atoms with Gasteiger partial charge in [-0.1, -0.05) is 48.5 Å². The number of primary amides is 1. The molecule has 1 atom stereocenters. The number of rotatable bonds is 5. The van der Waals surface area contributed by atoms with Crippen molar-refractivity contribution in [1.29, 1.82) is 0 Å². The average Bonchev–Trinajstić information content (AvgIpc) is 2.70. The number of carbonyl (C=O) groups excluding carboxylic acids is 3. The second kappa shape index (κ2) is 8.35. The van der Waals surface area contributed by atoms with Crippen molar-refractivity contribution in [1.82, 2.24) is 10.6 Å². The molecule has 0 aromatic heterocycles. The molecule has 1 heterocycles. The zero-order chi connectivity index (χ0) is 19.2. The Bertz CT molecular complexity index is 838. The van der Waals surface area contributed by atoms with Crippen LogP contribution in [0, 0.1) is 0 Å². The van der Waals surface area contributed by atoms with E-state index in [0.29, 0.717) is 12.1 Å². The van der Waals surface area contributed by atoms with Crippen LogP contribution in [0.1, 0.15) is 23.6 Å². The topological polar surface area (TPSA) is 105 Å². The van der Waals surface area contributed by atoms with Gasteiger partial charge in [0.05, 0.1) is 6.54 Å². The summed E-state index contributed by atoms with van der Waals surface area (Å²) in [5.41, 5.74) is 7.98. The molecular weight excluding hydrogens is 344 g/mol. The summed E-state index contributed by atoms with van der Waals surface area (Å²) in [6.07, 6.45) is 1.82. The molecule has 4 amide bonds. The van der Waals surface area contributed by atoms with Crippen molar-refractivity contribution >= 4 is 23.5 Å². The van der Waals surface area contributed by atoms with E-state index in [1.165, 1.54) is 0 Å². The molecule has 0 saturated carbocycles. The van der Waals surface area contributed by atoms with Crippen molar-refractivity contribution in [2.75, 3.05) is 18.0 Å². The molecule has 0 aliphatic carbocycles. The fraction of sp³-hybridized carbons (Fsp3) is 0.250. The van der Waals surface area contributed by atoms with E-state index in [9.17, 15) is 14.4 Å². The van der Waals surface area contributed by atoms with Gasteiger partial charge in [-0.15, -0.1) is 0 Å². The molecule has 2 aromatic rings. The molecule has 1 aliphatic heterocycles. The number of nitrogens with one attached hydrogen (secondary N) is 2. The SMILES string of the molecule is NC(=O)C(NC(=O)NCC(=O)N1CCCc2ccccc21)c1ccccc1. The lowest BCUT2D eigenvalue weighted by atomic mass is 10.0. The summed E-state index contributed by atoms with van der Waals surface area (Å²) in [5, 5.41) is 5.03. The molecule has 3 rings (SSSR count). The largest absolute Gasteiger partial charge is 0.368 e. The normalized spacial score (nSPS) is 14.0. The third-order valence-electron chi connectivity index (χ3n) is 4.50. The number of aryl methyl sites for hydroxylation is 1. The molecule has 7 nitrogen and oxygen atoms in total. The Hall–Kier alpha value is -3.35. The molecular formula is C20H22N4O3. The van der Waals surface area contributed by atoms with Gasteiger partial charge in [0.2, 0.25) is 11.8 Å². The molecule has 0 fully saturated rings. The molecule has 140 valence electrons. The van der Waals surface area contributed by atoms with Gasteiger partial charge in [-0.05, 0) is 30.0 Å². The molecule has 2 aromatic carbocycles. The Morgan fingerprint density at radius 2 is 1.74 bits per heavy atom. The Morgan fingerprint density at radius 3 is 2.48 bits per heavy atom. The molecule has 0 radical (unpaired) electrons. The van der Waals surface area contributed by atoms with Crippen LogP contribution >= 0.6 is 0 Å². The predicted molar refractivity (Wildman–Crippen MR) is 102 cm³/mol. The summed E-state index contributed by atoms with van der Waals surface area (Å²) < 4.78 is 0. The van der Waals surface area contributed by atoms with Crippen LogP contribution in [-0.4, -0.2) is 30.9 Å². The molecule has 0 bridgehead atoms. The number of nitrogens with two attached hydrogens (primary N) is 1. The van der Waals surface area contributed by atoms with Crippen molar-refractivity contribution in [3.63, 3.8) is 0 Å². The number of carbonyl (C=O) groups is 3. The van der Waals surface area contributed by atoms with Crippen LogP contribution in [0.4, 0.5) is 10.5 Å². The second-order valence-electron chi connectivity index (χ2n) is 6.35. The maximum Gasteiger partial charge on any atom is 0.316 e. The molecule has 1 aliphatic rings. The van der Waals surface area contributed by atoms with Crippen molar-refractivity contribution in [2.24, 2.45) is 5.73 Å². The summed E-state index contributed by atoms with van der Waals surface area (Å²) in [6.45, 7) is 0.452. The van der Waals surface area contributed by atoms with Crippen LogP contribution in [0.15, 0.2) is 54.6 Å². The number of benzene rings is 2. The van der Waals surface area contributed by atoms with Crippen molar-refractivity contribution in [3.8, 4) is 0 Å². The fourth-order valence-corrected chi connectivity index (χ4v) is 3.19. The van der Waals surface area contributed by atoms with Crippen LogP contribution in [0.5, 0.6) is 0 Å². The maximum absolute atomic E-state index is 12.5. The van der Waals surface area contributed by atoms with Crippen molar-refractivity contribution in [2.45, 2.75) is 18.9 Å². The van der Waals surface area contributed by atoms with E-state index in [-0.39, 0.29) is 12.5 Å². The summed E-state index contributed by atoms with van der Waals surface area (Å²) >= 11 is 0. The number of para-hydroxylation sites is 1. The smallest absolute Gasteiger partial charge is 0.316 e. The van der Waals surface area contributed by atoms with Gasteiger partial charge in [0, 0.05) is 12.2 Å². The Balaban J connectivity index is 1.59. The molecule has 0 spiro atoms. The highest BCUT2D eigenvalue weighted by Crippen LogP contribution is 2.26. The van der Waals surface area contributed by atoms with Crippen LogP contribution in [0.2, 0.25) is 0 Å². The van der Waals surface area contributed by atoms with Crippen molar-refractivity contribution < 1.29 is 14.4 Å². The first-order valence-electron chi connectivity index (χ1n) is 8.83. The highest BCUT2D eigenvalue weighted by Gasteiger charge is 2.24. The van der Waals surface area contributed by atoms with E-state index in [1.54, 1.807) is 35.2 Å². The second-order valence-corrected chi connectivity index (χ2v) is 6.35. The molecule has 4 N–H and O–H groups in total. The number of anilines is 1. The van der Waals surface area contributed by atoms with E-state index in [0.717, 1.165) is 24.1 Å². The fourth-order valence-electron chi connectivity index (χ4n) is 3.19. The first kappa shape index (κ1) is 18.4. The van der Waals surface area contributed by atoms with E-state index < -0.39 is 18.0 Å². The van der Waals surface area contributed by atoms with Gasteiger partial charge >= 0.3 is 6.03 Å². The first-order valence-corrected chi connectivity index (χ1v) is 8.83. The zero-order valence-electron chi connectivity index (χ0n) is 14.9. The summed E-state index contributed by atoms with van der Waals surface area (Å²) in [7, 11) is 0. The minimum absolute atomic E-state index is 0.166. The van der Waals surface area contributed by atoms with Crippen LogP contribution in [-0.2, 0) is 16.0 Å². The predicted octanol–water partition coefficient (Wildman–Crippen LogP) is 1.49. The molecule has 27 heavy (non-hydrogen) atoms. The third-order valence-corrected chi connectivity index (χ3v) is 4.50. The highest BCUT2D eigenvalue weighted by atomic mass is 16.2. The Kier molecular flexibility index (Phi) is 5.71. The van der Waals surface area contributed by atoms with Crippen LogP contribution in [0.25, 0.3) is 0 Å². The van der Waals surface area contributed by atoms with Gasteiger partial charge in [0.25, 0.3) is 0 Å². The van der Waals surface area contributed by atoms with Crippen LogP contribution < -0.4 is 21.3 Å². The maximum atomic E-state index is 12.5. The van der Waals surface area contributed by atoms with Gasteiger partial charge in [-0.3, -0.25) is 9.59 Å². The lowest BCUT2D eigenvalue weighted by molar-refractivity contribution is -0.120. The highest BCUT2D eigenvalue weighted by molar-refractivity contribution is 5.98. The molecule has 1 unspecified atom stereocenters. The van der Waals surface area contributed by atoms with Gasteiger partial charge in [-0.25, -0.2) is 4.79 Å². The van der Waals surface area contributed by atoms with E-state index >= 15 is 0 Å². The standard InChI is InChI=1S/C20H22N4O3/c21-19(26)18(15-8-2-1-3-9-15)23-20(27)22-13-17(25)24-12-6-10-14-7-4-5-11-16(14)24/h1-5,7-9,11,18H,6,10,12-13H2,(H2,21,26)(H2,22,23,27).